The first kappa shape index (κ1) is 13.8. The van der Waals surface area contributed by atoms with E-state index in [4.69, 9.17) is 9.15 Å². The van der Waals surface area contributed by atoms with E-state index in [-0.39, 0.29) is 0 Å². The van der Waals surface area contributed by atoms with E-state index >= 15 is 0 Å². The third-order valence-electron chi connectivity index (χ3n) is 3.13. The van der Waals surface area contributed by atoms with Gasteiger partial charge in [-0.05, 0) is 18.2 Å². The van der Waals surface area contributed by atoms with Crippen molar-refractivity contribution in [3.63, 3.8) is 0 Å². The topological polar surface area (TPSA) is 53.1 Å². The van der Waals surface area contributed by atoms with Crippen LogP contribution in [0.2, 0.25) is 0 Å². The molecule has 0 amide bonds. The zero-order valence-electron chi connectivity index (χ0n) is 11.8. The molecule has 3 rings (SSSR count). The Morgan fingerprint density at radius 2 is 2.05 bits per heavy atom. The molecule has 0 aliphatic rings. The number of furan rings is 1. The van der Waals surface area contributed by atoms with Gasteiger partial charge in [0.2, 0.25) is 0 Å². The molecule has 6 heteroatoms. The quantitative estimate of drug-likeness (QED) is 0.676. The van der Waals surface area contributed by atoms with Gasteiger partial charge in [-0.25, -0.2) is 0 Å². The second-order valence-corrected chi connectivity index (χ2v) is 5.39. The second kappa shape index (κ2) is 6.05. The average molecular weight is 301 g/mol. The van der Waals surface area contributed by atoms with Crippen LogP contribution >= 0.6 is 11.8 Å². The van der Waals surface area contributed by atoms with E-state index < -0.39 is 0 Å². The Morgan fingerprint density at radius 1 is 1.19 bits per heavy atom. The third kappa shape index (κ3) is 2.80. The van der Waals surface area contributed by atoms with E-state index in [0.717, 1.165) is 28.0 Å². The van der Waals surface area contributed by atoms with E-state index in [9.17, 15) is 0 Å². The summed E-state index contributed by atoms with van der Waals surface area (Å²) in [5.74, 6) is 3.10. The molecule has 5 nitrogen and oxygen atoms in total. The molecule has 0 saturated carbocycles. The number of para-hydroxylation sites is 1. The molecule has 3 aromatic rings. The number of benzene rings is 1. The maximum atomic E-state index is 5.36. The summed E-state index contributed by atoms with van der Waals surface area (Å²) in [7, 11) is 3.61. The fourth-order valence-corrected chi connectivity index (χ4v) is 2.93. The first-order valence-corrected chi connectivity index (χ1v) is 7.46. The average Bonchev–Trinajstić information content (AvgIpc) is 3.15. The molecule has 21 heavy (non-hydrogen) atoms. The van der Waals surface area contributed by atoms with Crippen molar-refractivity contribution in [2.24, 2.45) is 7.05 Å². The van der Waals surface area contributed by atoms with Crippen LogP contribution in [0.15, 0.2) is 52.2 Å². The molecule has 2 aromatic heterocycles. The zero-order chi connectivity index (χ0) is 14.7. The maximum absolute atomic E-state index is 5.36. The molecule has 0 unspecified atom stereocenters. The van der Waals surface area contributed by atoms with E-state index in [0.29, 0.717) is 5.76 Å². The first-order chi connectivity index (χ1) is 10.3. The highest BCUT2D eigenvalue weighted by atomic mass is 32.2. The molecule has 0 bridgehead atoms. The van der Waals surface area contributed by atoms with Crippen LogP contribution < -0.4 is 4.74 Å². The fraction of sp³-hybridized carbons (Fsp3) is 0.200. The molecule has 1 aromatic carbocycles. The monoisotopic (exact) mass is 301 g/mol. The molecule has 0 fully saturated rings. The SMILES string of the molecule is COc1ccccc1CSc1nnc(-c2ccco2)n1C. The zero-order valence-corrected chi connectivity index (χ0v) is 12.6. The molecule has 0 atom stereocenters. The van der Waals surface area contributed by atoms with Crippen LogP contribution in [0, 0.1) is 0 Å². The minimum Gasteiger partial charge on any atom is -0.496 e. The molecule has 2 heterocycles. The molecule has 0 aliphatic carbocycles. The Kier molecular flexibility index (Phi) is 3.96. The maximum Gasteiger partial charge on any atom is 0.200 e. The van der Waals surface area contributed by atoms with Crippen LogP contribution in [0.1, 0.15) is 5.56 Å². The fourth-order valence-electron chi connectivity index (χ4n) is 2.03. The molecule has 0 aliphatic heterocycles. The minimum atomic E-state index is 0.717. The Bertz CT molecular complexity index is 722. The summed E-state index contributed by atoms with van der Waals surface area (Å²) in [6.45, 7) is 0. The smallest absolute Gasteiger partial charge is 0.200 e. The Morgan fingerprint density at radius 3 is 2.81 bits per heavy atom. The number of ether oxygens (including phenoxy) is 1. The third-order valence-corrected chi connectivity index (χ3v) is 4.19. The number of hydrogen-bond acceptors (Lipinski definition) is 5. The van der Waals surface area contributed by atoms with Crippen molar-refractivity contribution in [2.75, 3.05) is 7.11 Å². The molecule has 0 radical (unpaired) electrons. The van der Waals surface area contributed by atoms with Gasteiger partial charge in [-0.1, -0.05) is 30.0 Å². The van der Waals surface area contributed by atoms with Gasteiger partial charge in [-0.2, -0.15) is 0 Å². The molecule has 0 saturated heterocycles. The van der Waals surface area contributed by atoms with Gasteiger partial charge in [0.15, 0.2) is 16.7 Å². The predicted molar refractivity (Wildman–Crippen MR) is 81.3 cm³/mol. The Hall–Kier alpha value is -2.21. The highest BCUT2D eigenvalue weighted by Crippen LogP contribution is 2.28. The van der Waals surface area contributed by atoms with Crippen LogP contribution in [0.25, 0.3) is 11.6 Å². The molecule has 108 valence electrons. The van der Waals surface area contributed by atoms with Crippen molar-refractivity contribution >= 4 is 11.8 Å². The number of hydrogen-bond donors (Lipinski definition) is 0. The Balaban J connectivity index is 1.77. The summed E-state index contributed by atoms with van der Waals surface area (Å²) in [5.41, 5.74) is 1.13. The highest BCUT2D eigenvalue weighted by Gasteiger charge is 2.13. The van der Waals surface area contributed by atoms with Crippen molar-refractivity contribution in [2.45, 2.75) is 10.9 Å². The lowest BCUT2D eigenvalue weighted by molar-refractivity contribution is 0.411. The molecule has 0 N–H and O–H groups in total. The largest absolute Gasteiger partial charge is 0.496 e. The summed E-state index contributed by atoms with van der Waals surface area (Å²) in [4.78, 5) is 0. The van der Waals surface area contributed by atoms with Crippen molar-refractivity contribution < 1.29 is 9.15 Å². The summed E-state index contributed by atoms with van der Waals surface area (Å²) >= 11 is 1.62. The van der Waals surface area contributed by atoms with E-state index in [1.54, 1.807) is 25.1 Å². The van der Waals surface area contributed by atoms with Gasteiger partial charge in [-0.3, -0.25) is 0 Å². The van der Waals surface area contributed by atoms with E-state index in [1.165, 1.54) is 0 Å². The van der Waals surface area contributed by atoms with Crippen LogP contribution in [-0.4, -0.2) is 21.9 Å². The normalized spacial score (nSPS) is 10.8. The van der Waals surface area contributed by atoms with Gasteiger partial charge in [0.25, 0.3) is 0 Å². The summed E-state index contributed by atoms with van der Waals surface area (Å²) < 4.78 is 12.6. The summed E-state index contributed by atoms with van der Waals surface area (Å²) in [5, 5.41) is 9.24. The number of aromatic nitrogens is 3. The van der Waals surface area contributed by atoms with Gasteiger partial charge >= 0.3 is 0 Å². The molecular formula is C15H15N3O2S. The molecular weight excluding hydrogens is 286 g/mol. The predicted octanol–water partition coefficient (Wildman–Crippen LogP) is 3.38. The van der Waals surface area contributed by atoms with Crippen molar-refractivity contribution in [1.82, 2.24) is 14.8 Å². The lowest BCUT2D eigenvalue weighted by atomic mass is 10.2. The highest BCUT2D eigenvalue weighted by molar-refractivity contribution is 7.98. The minimum absolute atomic E-state index is 0.717. The number of nitrogens with zero attached hydrogens (tertiary/aromatic N) is 3. The van der Waals surface area contributed by atoms with Gasteiger partial charge < -0.3 is 13.7 Å². The first-order valence-electron chi connectivity index (χ1n) is 6.47. The van der Waals surface area contributed by atoms with Crippen molar-refractivity contribution in [3.8, 4) is 17.3 Å². The van der Waals surface area contributed by atoms with Gasteiger partial charge in [0.1, 0.15) is 5.75 Å². The van der Waals surface area contributed by atoms with Gasteiger partial charge in [0, 0.05) is 18.4 Å². The van der Waals surface area contributed by atoms with Crippen LogP contribution in [-0.2, 0) is 12.8 Å². The number of rotatable bonds is 5. The lowest BCUT2D eigenvalue weighted by Gasteiger charge is -2.07. The lowest BCUT2D eigenvalue weighted by Crippen LogP contribution is -1.95. The van der Waals surface area contributed by atoms with Crippen LogP contribution in [0.3, 0.4) is 0 Å². The number of methoxy groups -OCH3 is 1. The van der Waals surface area contributed by atoms with E-state index in [2.05, 4.69) is 16.3 Å². The van der Waals surface area contributed by atoms with Crippen LogP contribution in [0.5, 0.6) is 5.75 Å². The van der Waals surface area contributed by atoms with Crippen molar-refractivity contribution in [1.29, 1.82) is 0 Å². The standard InChI is InChI=1S/C15H15N3O2S/c1-18-14(13-8-5-9-20-13)16-17-15(18)21-10-11-6-3-4-7-12(11)19-2/h3-9H,10H2,1-2H3. The van der Waals surface area contributed by atoms with E-state index in [1.807, 2.05) is 41.9 Å². The molecule has 0 spiro atoms. The Labute approximate surface area is 126 Å². The number of thioether (sulfide) groups is 1. The van der Waals surface area contributed by atoms with Crippen LogP contribution in [0.4, 0.5) is 0 Å². The second-order valence-electron chi connectivity index (χ2n) is 4.44. The van der Waals surface area contributed by atoms with Gasteiger partial charge in [0.05, 0.1) is 13.4 Å². The summed E-state index contributed by atoms with van der Waals surface area (Å²) in [6.07, 6.45) is 1.63. The summed E-state index contributed by atoms with van der Waals surface area (Å²) in [6, 6.07) is 11.7. The van der Waals surface area contributed by atoms with Gasteiger partial charge in [-0.15, -0.1) is 10.2 Å². The van der Waals surface area contributed by atoms with Crippen molar-refractivity contribution in [3.05, 3.63) is 48.2 Å².